The van der Waals surface area contributed by atoms with Gasteiger partial charge in [0.1, 0.15) is 0 Å². The summed E-state index contributed by atoms with van der Waals surface area (Å²) in [5, 5.41) is 5.79. The van der Waals surface area contributed by atoms with Crippen LogP contribution in [0.25, 0.3) is 43.8 Å². The van der Waals surface area contributed by atoms with E-state index in [1.807, 2.05) is 6.07 Å². The number of hydrogen-bond donors (Lipinski definition) is 0. The Morgan fingerprint density at radius 3 is 1.90 bits per heavy atom. The Bertz CT molecular complexity index is 2080. The summed E-state index contributed by atoms with van der Waals surface area (Å²) in [4.78, 5) is 0. The predicted octanol–water partition coefficient (Wildman–Crippen LogP) is 10.7. The molecule has 1 atom stereocenters. The van der Waals surface area contributed by atoms with Crippen LogP contribution in [0.2, 0.25) is 5.02 Å². The van der Waals surface area contributed by atoms with Gasteiger partial charge in [-0.1, -0.05) is 145 Å². The molecule has 0 nitrogen and oxygen atoms in total. The molecule has 0 fully saturated rings. The zero-order chi connectivity index (χ0) is 26.7. The van der Waals surface area contributed by atoms with E-state index >= 15 is 0 Å². The van der Waals surface area contributed by atoms with Crippen molar-refractivity contribution in [1.29, 1.82) is 0 Å². The molecule has 0 saturated heterocycles. The van der Waals surface area contributed by atoms with Crippen molar-refractivity contribution in [2.75, 3.05) is 0 Å². The van der Waals surface area contributed by atoms with Gasteiger partial charge in [0.25, 0.3) is 0 Å². The van der Waals surface area contributed by atoms with Gasteiger partial charge < -0.3 is 0 Å². The molecular weight excluding hydrogens is 504 g/mol. The molecule has 0 amide bonds. The molecule has 40 heavy (non-hydrogen) atoms. The SMILES string of the molecule is Clc1cccc(C2(c3cccc(-c4cccc5ccccc45)c3)c3ccccc3-c3c2ccc2ccccc32)c1. The Morgan fingerprint density at radius 1 is 0.425 bits per heavy atom. The molecule has 1 aliphatic carbocycles. The fourth-order valence-electron chi connectivity index (χ4n) is 6.95. The molecule has 0 aliphatic heterocycles. The summed E-state index contributed by atoms with van der Waals surface area (Å²) in [6.07, 6.45) is 0. The lowest BCUT2D eigenvalue weighted by Crippen LogP contribution is -2.28. The van der Waals surface area contributed by atoms with Crippen LogP contribution < -0.4 is 0 Å². The highest BCUT2D eigenvalue weighted by Crippen LogP contribution is 2.58. The van der Waals surface area contributed by atoms with Crippen LogP contribution in [-0.4, -0.2) is 0 Å². The molecule has 0 radical (unpaired) electrons. The van der Waals surface area contributed by atoms with Gasteiger partial charge in [0.05, 0.1) is 5.41 Å². The monoisotopic (exact) mass is 528 g/mol. The van der Waals surface area contributed by atoms with Gasteiger partial charge in [-0.15, -0.1) is 0 Å². The minimum Gasteiger partial charge on any atom is -0.0843 e. The molecule has 1 aliphatic rings. The van der Waals surface area contributed by atoms with Crippen molar-refractivity contribution >= 4 is 33.1 Å². The summed E-state index contributed by atoms with van der Waals surface area (Å²) >= 11 is 6.71. The van der Waals surface area contributed by atoms with Crippen molar-refractivity contribution in [1.82, 2.24) is 0 Å². The van der Waals surface area contributed by atoms with E-state index in [0.717, 1.165) is 5.02 Å². The molecule has 0 bridgehead atoms. The molecule has 8 rings (SSSR count). The Kier molecular flexibility index (Phi) is 5.20. The second-order valence-corrected chi connectivity index (χ2v) is 11.1. The second kappa shape index (κ2) is 8.95. The van der Waals surface area contributed by atoms with E-state index < -0.39 is 5.41 Å². The van der Waals surface area contributed by atoms with E-state index in [-0.39, 0.29) is 0 Å². The average Bonchev–Trinajstić information content (AvgIpc) is 3.32. The van der Waals surface area contributed by atoms with Crippen LogP contribution in [-0.2, 0) is 5.41 Å². The summed E-state index contributed by atoms with van der Waals surface area (Å²) in [7, 11) is 0. The molecular formula is C39H25Cl. The molecule has 0 N–H and O–H groups in total. The second-order valence-electron chi connectivity index (χ2n) is 10.6. The largest absolute Gasteiger partial charge is 0.0843 e. The van der Waals surface area contributed by atoms with Gasteiger partial charge in [-0.05, 0) is 84.3 Å². The zero-order valence-electron chi connectivity index (χ0n) is 21.8. The first-order valence-electron chi connectivity index (χ1n) is 13.7. The molecule has 0 saturated carbocycles. The van der Waals surface area contributed by atoms with Crippen molar-refractivity contribution in [2.45, 2.75) is 5.41 Å². The normalized spacial score (nSPS) is 15.7. The smallest absolute Gasteiger partial charge is 0.0714 e. The number of halogens is 1. The molecule has 188 valence electrons. The van der Waals surface area contributed by atoms with Crippen LogP contribution in [0.1, 0.15) is 22.3 Å². The van der Waals surface area contributed by atoms with Gasteiger partial charge in [0.15, 0.2) is 0 Å². The molecule has 0 spiro atoms. The van der Waals surface area contributed by atoms with Crippen LogP contribution in [0, 0.1) is 0 Å². The van der Waals surface area contributed by atoms with Crippen molar-refractivity contribution in [3.63, 3.8) is 0 Å². The standard InChI is InChI=1S/C39H25Cl/c40-31-16-9-15-30(25-31)39(29-14-7-13-28(24-29)33-20-8-12-26-10-1-3-17-32(26)33)36-21-6-5-19-35(36)38-34-18-4-2-11-27(34)22-23-37(38)39/h1-25H. The number of benzene rings is 7. The van der Waals surface area contributed by atoms with E-state index in [1.165, 1.54) is 66.1 Å². The van der Waals surface area contributed by atoms with Gasteiger partial charge in [-0.2, -0.15) is 0 Å². The van der Waals surface area contributed by atoms with Gasteiger partial charge in [-0.3, -0.25) is 0 Å². The molecule has 0 aromatic heterocycles. The maximum Gasteiger partial charge on any atom is 0.0714 e. The fraction of sp³-hybridized carbons (Fsp3) is 0.0256. The summed E-state index contributed by atoms with van der Waals surface area (Å²) in [6.45, 7) is 0. The highest BCUT2D eigenvalue weighted by atomic mass is 35.5. The lowest BCUT2D eigenvalue weighted by atomic mass is 9.67. The Labute approximate surface area is 239 Å². The third kappa shape index (κ3) is 3.27. The summed E-state index contributed by atoms with van der Waals surface area (Å²) in [5.41, 5.74) is 9.53. The highest BCUT2D eigenvalue weighted by molar-refractivity contribution is 6.30. The zero-order valence-corrected chi connectivity index (χ0v) is 22.6. The predicted molar refractivity (Wildman–Crippen MR) is 169 cm³/mol. The van der Waals surface area contributed by atoms with Crippen LogP contribution in [0.15, 0.2) is 152 Å². The van der Waals surface area contributed by atoms with E-state index in [2.05, 4.69) is 146 Å². The number of hydrogen-bond acceptors (Lipinski definition) is 0. The lowest BCUT2D eigenvalue weighted by Gasteiger charge is -2.34. The summed E-state index contributed by atoms with van der Waals surface area (Å²) in [6, 6.07) is 55.0. The third-order valence-corrected chi connectivity index (χ3v) is 8.82. The molecule has 1 unspecified atom stereocenters. The molecule has 7 aromatic rings. The van der Waals surface area contributed by atoms with Gasteiger partial charge in [-0.25, -0.2) is 0 Å². The molecule has 1 heteroatoms. The lowest BCUT2D eigenvalue weighted by molar-refractivity contribution is 0.769. The van der Waals surface area contributed by atoms with E-state index in [9.17, 15) is 0 Å². The van der Waals surface area contributed by atoms with E-state index in [1.54, 1.807) is 0 Å². The first kappa shape index (κ1) is 23.3. The minimum absolute atomic E-state index is 0.512. The van der Waals surface area contributed by atoms with Crippen molar-refractivity contribution in [3.8, 4) is 22.3 Å². The number of fused-ring (bicyclic) bond motifs is 6. The molecule has 7 aromatic carbocycles. The average molecular weight is 529 g/mol. The van der Waals surface area contributed by atoms with Crippen LogP contribution >= 0.6 is 11.6 Å². The number of rotatable bonds is 3. The van der Waals surface area contributed by atoms with Crippen molar-refractivity contribution < 1.29 is 0 Å². The van der Waals surface area contributed by atoms with Crippen LogP contribution in [0.3, 0.4) is 0 Å². The first-order valence-corrected chi connectivity index (χ1v) is 14.1. The molecule has 0 heterocycles. The Morgan fingerprint density at radius 2 is 1.05 bits per heavy atom. The Hall–Kier alpha value is -4.65. The minimum atomic E-state index is -0.512. The van der Waals surface area contributed by atoms with Crippen molar-refractivity contribution in [2.24, 2.45) is 0 Å². The van der Waals surface area contributed by atoms with Gasteiger partial charge in [0.2, 0.25) is 0 Å². The highest BCUT2D eigenvalue weighted by Gasteiger charge is 2.46. The van der Waals surface area contributed by atoms with Crippen LogP contribution in [0.5, 0.6) is 0 Å². The van der Waals surface area contributed by atoms with E-state index in [0.29, 0.717) is 0 Å². The van der Waals surface area contributed by atoms with Gasteiger partial charge in [0, 0.05) is 5.02 Å². The maximum absolute atomic E-state index is 6.71. The van der Waals surface area contributed by atoms with Gasteiger partial charge >= 0.3 is 0 Å². The van der Waals surface area contributed by atoms with E-state index in [4.69, 9.17) is 11.6 Å². The quantitative estimate of drug-likeness (QED) is 0.214. The third-order valence-electron chi connectivity index (χ3n) is 8.59. The Balaban J connectivity index is 1.50. The topological polar surface area (TPSA) is 0 Å². The maximum atomic E-state index is 6.71. The summed E-state index contributed by atoms with van der Waals surface area (Å²) in [5.74, 6) is 0. The fourth-order valence-corrected chi connectivity index (χ4v) is 7.15. The first-order chi connectivity index (χ1) is 19.7. The van der Waals surface area contributed by atoms with Crippen molar-refractivity contribution in [3.05, 3.63) is 179 Å². The summed E-state index contributed by atoms with van der Waals surface area (Å²) < 4.78 is 0. The van der Waals surface area contributed by atoms with Crippen LogP contribution in [0.4, 0.5) is 0 Å².